The molecule has 28 heavy (non-hydrogen) atoms. The molecule has 0 aromatic carbocycles. The number of fused-ring (bicyclic) bond motifs is 1. The zero-order valence-electron chi connectivity index (χ0n) is 16.8. The highest BCUT2D eigenvalue weighted by atomic mass is 35.5. The van der Waals surface area contributed by atoms with Gasteiger partial charge >= 0.3 is 0 Å². The van der Waals surface area contributed by atoms with E-state index in [9.17, 15) is 0 Å². The molecule has 0 spiro atoms. The van der Waals surface area contributed by atoms with Crippen LogP contribution in [-0.4, -0.2) is 45.9 Å². The Hall–Kier alpha value is -1.70. The van der Waals surface area contributed by atoms with Crippen LogP contribution in [0.1, 0.15) is 49.7 Å². The zero-order chi connectivity index (χ0) is 19.8. The molecule has 6 nitrogen and oxygen atoms in total. The van der Waals surface area contributed by atoms with Gasteiger partial charge in [-0.2, -0.15) is 5.10 Å². The predicted octanol–water partition coefficient (Wildman–Crippen LogP) is 4.86. The van der Waals surface area contributed by atoms with Gasteiger partial charge in [0, 0.05) is 30.4 Å². The number of aryl methyl sites for hydroxylation is 2. The predicted molar refractivity (Wildman–Crippen MR) is 115 cm³/mol. The monoisotopic (exact) mass is 419 g/mol. The first-order chi connectivity index (χ1) is 13.5. The van der Waals surface area contributed by atoms with Crippen molar-refractivity contribution < 1.29 is 4.74 Å². The molecule has 4 rings (SSSR count). The van der Waals surface area contributed by atoms with E-state index in [0.29, 0.717) is 11.1 Å². The number of rotatable bonds is 5. The van der Waals surface area contributed by atoms with E-state index in [1.807, 2.05) is 18.4 Å². The third-order valence-electron chi connectivity index (χ3n) is 5.41. The van der Waals surface area contributed by atoms with Gasteiger partial charge in [0.1, 0.15) is 5.15 Å². The van der Waals surface area contributed by atoms with Gasteiger partial charge in [0.25, 0.3) is 0 Å². The van der Waals surface area contributed by atoms with Gasteiger partial charge in [-0.05, 0) is 32.8 Å². The summed E-state index contributed by atoms with van der Waals surface area (Å²) in [7, 11) is 0. The number of hydrogen-bond acceptors (Lipinski definition) is 6. The number of anilines is 1. The van der Waals surface area contributed by atoms with E-state index in [1.165, 1.54) is 5.69 Å². The maximum atomic E-state index is 6.60. The van der Waals surface area contributed by atoms with Crippen molar-refractivity contribution in [2.45, 2.75) is 46.5 Å². The van der Waals surface area contributed by atoms with Crippen LogP contribution in [0.4, 0.5) is 5.13 Å². The van der Waals surface area contributed by atoms with Crippen molar-refractivity contribution in [2.24, 2.45) is 0 Å². The Morgan fingerprint density at radius 1 is 1.18 bits per heavy atom. The maximum Gasteiger partial charge on any atom is 0.187 e. The molecule has 8 heteroatoms. The molecule has 3 aromatic rings. The maximum absolute atomic E-state index is 6.60. The van der Waals surface area contributed by atoms with E-state index in [0.717, 1.165) is 71.8 Å². The summed E-state index contributed by atoms with van der Waals surface area (Å²) in [6.07, 6.45) is 2.15. The largest absolute Gasteiger partial charge is 0.378 e. The summed E-state index contributed by atoms with van der Waals surface area (Å²) >= 11 is 8.22. The van der Waals surface area contributed by atoms with Crippen LogP contribution in [-0.2, 0) is 4.74 Å². The highest BCUT2D eigenvalue weighted by Gasteiger charge is 2.25. The minimum absolute atomic E-state index is 0.456. The second-order valence-corrected chi connectivity index (χ2v) is 8.58. The normalized spacial score (nSPS) is 15.1. The van der Waals surface area contributed by atoms with Gasteiger partial charge in [-0.1, -0.05) is 36.8 Å². The number of halogens is 1. The van der Waals surface area contributed by atoms with Crippen LogP contribution in [0.15, 0.2) is 6.07 Å². The van der Waals surface area contributed by atoms with Gasteiger partial charge in [-0.3, -0.25) is 0 Å². The van der Waals surface area contributed by atoms with Crippen molar-refractivity contribution >= 4 is 33.7 Å². The highest BCUT2D eigenvalue weighted by molar-refractivity contribution is 7.19. The first-order valence-corrected chi connectivity index (χ1v) is 11.1. The topological polar surface area (TPSA) is 55.5 Å². The molecule has 1 aliphatic rings. The van der Waals surface area contributed by atoms with Gasteiger partial charge in [0.05, 0.1) is 29.3 Å². The molecule has 4 heterocycles. The van der Waals surface area contributed by atoms with Gasteiger partial charge in [0.2, 0.25) is 0 Å². The van der Waals surface area contributed by atoms with Gasteiger partial charge in [-0.15, -0.1) is 0 Å². The molecule has 0 atom stereocenters. The first kappa shape index (κ1) is 19.6. The van der Waals surface area contributed by atoms with Crippen molar-refractivity contribution in [2.75, 3.05) is 31.2 Å². The minimum atomic E-state index is 0.456. The van der Waals surface area contributed by atoms with Gasteiger partial charge in [-0.25, -0.2) is 14.5 Å². The highest BCUT2D eigenvalue weighted by Crippen LogP contribution is 2.41. The van der Waals surface area contributed by atoms with Crippen LogP contribution in [0, 0.1) is 13.8 Å². The molecule has 0 bridgehead atoms. The molecule has 0 unspecified atom stereocenters. The number of morpholine rings is 1. The lowest BCUT2D eigenvalue weighted by Gasteiger charge is -2.25. The summed E-state index contributed by atoms with van der Waals surface area (Å²) in [5.74, 6) is 0.456. The van der Waals surface area contributed by atoms with Crippen molar-refractivity contribution in [3.05, 3.63) is 28.3 Å². The quantitative estimate of drug-likeness (QED) is 0.590. The number of nitrogens with zero attached hydrogens (tertiary/aromatic N) is 5. The fourth-order valence-electron chi connectivity index (χ4n) is 3.87. The minimum Gasteiger partial charge on any atom is -0.378 e. The Balaban J connectivity index is 1.85. The number of ether oxygens (including phenoxy) is 1. The molecule has 0 N–H and O–H groups in total. The first-order valence-electron chi connectivity index (χ1n) is 9.89. The Labute approximate surface area is 174 Å². The van der Waals surface area contributed by atoms with E-state index >= 15 is 0 Å². The lowest BCUT2D eigenvalue weighted by Crippen LogP contribution is -2.36. The molecule has 0 amide bonds. The van der Waals surface area contributed by atoms with Crippen LogP contribution in [0.25, 0.3) is 16.1 Å². The zero-order valence-corrected chi connectivity index (χ0v) is 18.4. The number of aromatic nitrogens is 4. The van der Waals surface area contributed by atoms with Crippen molar-refractivity contribution in [1.82, 2.24) is 19.6 Å². The second kappa shape index (κ2) is 7.97. The van der Waals surface area contributed by atoms with Crippen molar-refractivity contribution in [3.8, 4) is 10.4 Å². The molecule has 0 saturated carbocycles. The number of thiazole rings is 1. The van der Waals surface area contributed by atoms with E-state index < -0.39 is 0 Å². The SMILES string of the molecule is CCC(CC)c1cc(C)nc2c(-c3sc(N4CCOCC4)nc3Cl)c(C)nn12. The summed E-state index contributed by atoms with van der Waals surface area (Å²) < 4.78 is 7.47. The number of hydrogen-bond donors (Lipinski definition) is 0. The summed E-state index contributed by atoms with van der Waals surface area (Å²) in [5, 5.41) is 6.32. The average molecular weight is 420 g/mol. The average Bonchev–Trinajstić information content (AvgIpc) is 3.22. The fraction of sp³-hybridized carbons (Fsp3) is 0.550. The molecule has 1 fully saturated rings. The standard InChI is InChI=1S/C20H26ClN5OS/c1-5-14(6-2)15-11-12(3)22-19-16(13(4)24-26(15)19)17-18(21)23-20(28-17)25-7-9-27-10-8-25/h11,14H,5-10H2,1-4H3. The van der Waals surface area contributed by atoms with E-state index in [4.69, 9.17) is 26.4 Å². The second-order valence-electron chi connectivity index (χ2n) is 7.25. The molecule has 3 aromatic heterocycles. The Kier molecular flexibility index (Phi) is 5.58. The summed E-state index contributed by atoms with van der Waals surface area (Å²) in [5.41, 5.74) is 5.03. The Morgan fingerprint density at radius 2 is 1.89 bits per heavy atom. The molecule has 150 valence electrons. The molecule has 0 radical (unpaired) electrons. The lowest BCUT2D eigenvalue weighted by atomic mass is 9.98. The molecular weight excluding hydrogens is 394 g/mol. The molecular formula is C20H26ClN5OS. The Bertz CT molecular complexity index is 988. The fourth-order valence-corrected chi connectivity index (χ4v) is 5.31. The van der Waals surface area contributed by atoms with Crippen LogP contribution in [0.2, 0.25) is 5.15 Å². The summed E-state index contributed by atoms with van der Waals surface area (Å²) in [6.45, 7) is 11.7. The molecule has 0 aliphatic carbocycles. The Morgan fingerprint density at radius 3 is 2.57 bits per heavy atom. The van der Waals surface area contributed by atoms with Crippen LogP contribution in [0.5, 0.6) is 0 Å². The molecule has 1 aliphatic heterocycles. The van der Waals surface area contributed by atoms with E-state index in [-0.39, 0.29) is 0 Å². The van der Waals surface area contributed by atoms with E-state index in [2.05, 4.69) is 29.8 Å². The summed E-state index contributed by atoms with van der Waals surface area (Å²) in [6, 6.07) is 2.16. The van der Waals surface area contributed by atoms with Gasteiger partial charge in [0.15, 0.2) is 10.8 Å². The summed E-state index contributed by atoms with van der Waals surface area (Å²) in [4.78, 5) is 12.7. The van der Waals surface area contributed by atoms with Crippen molar-refractivity contribution in [1.29, 1.82) is 0 Å². The molecule has 1 saturated heterocycles. The van der Waals surface area contributed by atoms with E-state index in [1.54, 1.807) is 11.3 Å². The smallest absolute Gasteiger partial charge is 0.187 e. The van der Waals surface area contributed by atoms with Gasteiger partial charge < -0.3 is 9.64 Å². The third kappa shape index (κ3) is 3.40. The van der Waals surface area contributed by atoms with Crippen LogP contribution >= 0.6 is 22.9 Å². The lowest BCUT2D eigenvalue weighted by molar-refractivity contribution is 0.122. The van der Waals surface area contributed by atoms with Crippen molar-refractivity contribution in [3.63, 3.8) is 0 Å². The van der Waals surface area contributed by atoms with Crippen LogP contribution in [0.3, 0.4) is 0 Å². The van der Waals surface area contributed by atoms with Crippen LogP contribution < -0.4 is 4.90 Å². The third-order valence-corrected chi connectivity index (χ3v) is 6.93.